The molecule has 18 heavy (non-hydrogen) atoms. The first-order valence-electron chi connectivity index (χ1n) is 6.17. The fraction of sp³-hybridized carbons (Fsp3) is 0.533. The molecule has 1 rings (SSSR count). The molecule has 0 fully saturated rings. The van der Waals surface area contributed by atoms with Crippen molar-refractivity contribution >= 4 is 5.97 Å². The van der Waals surface area contributed by atoms with Crippen LogP contribution in [-0.4, -0.2) is 19.2 Å². The fourth-order valence-electron chi connectivity index (χ4n) is 1.49. The van der Waals surface area contributed by atoms with Crippen LogP contribution in [0, 0.1) is 5.41 Å². The number of esters is 1. The smallest absolute Gasteiger partial charge is 0.311 e. The summed E-state index contributed by atoms with van der Waals surface area (Å²) in [5.41, 5.74) is 0.679. The first kappa shape index (κ1) is 14.6. The summed E-state index contributed by atoms with van der Waals surface area (Å²) in [4.78, 5) is 11.7. The van der Waals surface area contributed by atoms with Gasteiger partial charge in [0.25, 0.3) is 0 Å². The third-order valence-corrected chi connectivity index (χ3v) is 2.60. The first-order valence-corrected chi connectivity index (χ1v) is 6.17. The van der Waals surface area contributed by atoms with Crippen LogP contribution < -0.4 is 4.74 Å². The molecule has 1 aromatic carbocycles. The van der Waals surface area contributed by atoms with Gasteiger partial charge in [-0.1, -0.05) is 12.1 Å². The summed E-state index contributed by atoms with van der Waals surface area (Å²) < 4.78 is 10.5. The zero-order chi connectivity index (χ0) is 13.8. The lowest BCUT2D eigenvalue weighted by Crippen LogP contribution is -2.27. The maximum Gasteiger partial charge on any atom is 0.311 e. The van der Waals surface area contributed by atoms with Gasteiger partial charge >= 0.3 is 5.97 Å². The van der Waals surface area contributed by atoms with Crippen molar-refractivity contribution in [3.8, 4) is 5.75 Å². The van der Waals surface area contributed by atoms with Crippen LogP contribution in [0.5, 0.6) is 5.75 Å². The van der Waals surface area contributed by atoms with Crippen LogP contribution in [0.25, 0.3) is 0 Å². The van der Waals surface area contributed by atoms with E-state index in [0.29, 0.717) is 6.42 Å². The molecular formula is C15H22O3. The molecule has 100 valence electrons. The third-order valence-electron chi connectivity index (χ3n) is 2.60. The van der Waals surface area contributed by atoms with Crippen molar-refractivity contribution in [1.29, 1.82) is 0 Å². The average Bonchev–Trinajstić information content (AvgIpc) is 2.28. The Labute approximate surface area is 109 Å². The lowest BCUT2D eigenvalue weighted by atomic mass is 9.97. The molecule has 1 atom stereocenters. The minimum Gasteiger partial charge on any atom is -0.497 e. The topological polar surface area (TPSA) is 35.5 Å². The molecule has 3 heteroatoms. The van der Waals surface area contributed by atoms with Crippen molar-refractivity contribution in [2.24, 2.45) is 5.41 Å². The Bertz CT molecular complexity index is 387. The number of methoxy groups -OCH3 is 1. The second kappa shape index (κ2) is 5.89. The summed E-state index contributed by atoms with van der Waals surface area (Å²) in [5, 5.41) is 0. The molecule has 0 spiro atoms. The molecule has 3 nitrogen and oxygen atoms in total. The van der Waals surface area contributed by atoms with Gasteiger partial charge in [0.1, 0.15) is 11.9 Å². The number of hydrogen-bond acceptors (Lipinski definition) is 3. The van der Waals surface area contributed by atoms with Crippen LogP contribution in [0.15, 0.2) is 24.3 Å². The van der Waals surface area contributed by atoms with Gasteiger partial charge in [-0.15, -0.1) is 0 Å². The highest BCUT2D eigenvalue weighted by atomic mass is 16.5. The third kappa shape index (κ3) is 4.40. The summed E-state index contributed by atoms with van der Waals surface area (Å²) in [6.07, 6.45) is 0.594. The van der Waals surface area contributed by atoms with Crippen LogP contribution in [0.4, 0.5) is 0 Å². The van der Waals surface area contributed by atoms with Gasteiger partial charge in [-0.05, 0) is 45.4 Å². The lowest BCUT2D eigenvalue weighted by molar-refractivity contribution is -0.157. The zero-order valence-corrected chi connectivity index (χ0v) is 11.8. The molecule has 0 N–H and O–H groups in total. The highest BCUT2D eigenvalue weighted by molar-refractivity contribution is 5.75. The summed E-state index contributed by atoms with van der Waals surface area (Å²) in [7, 11) is 1.64. The largest absolute Gasteiger partial charge is 0.497 e. The molecule has 1 aromatic rings. The van der Waals surface area contributed by atoms with Gasteiger partial charge in [-0.2, -0.15) is 0 Å². The van der Waals surface area contributed by atoms with Gasteiger partial charge in [0.2, 0.25) is 0 Å². The van der Waals surface area contributed by atoms with Gasteiger partial charge in [0.15, 0.2) is 0 Å². The second-order valence-electron chi connectivity index (χ2n) is 5.52. The maximum atomic E-state index is 11.7. The van der Waals surface area contributed by atoms with E-state index < -0.39 is 5.41 Å². The van der Waals surface area contributed by atoms with E-state index in [-0.39, 0.29) is 12.1 Å². The van der Waals surface area contributed by atoms with Crippen molar-refractivity contribution < 1.29 is 14.3 Å². The summed E-state index contributed by atoms with van der Waals surface area (Å²) in [5.74, 6) is 0.668. The Balaban J connectivity index is 2.54. The second-order valence-corrected chi connectivity index (χ2v) is 5.52. The normalized spacial score (nSPS) is 12.9. The maximum absolute atomic E-state index is 11.7. The number of hydrogen-bond donors (Lipinski definition) is 0. The standard InChI is InChI=1S/C15H22O3/c1-11(18-14(16)15(2,3)4)10-12-6-8-13(17-5)9-7-12/h6-9,11H,10H2,1-5H3. The van der Waals surface area contributed by atoms with E-state index in [4.69, 9.17) is 9.47 Å². The molecule has 0 saturated carbocycles. The van der Waals surface area contributed by atoms with E-state index in [1.165, 1.54) is 0 Å². The van der Waals surface area contributed by atoms with Crippen LogP contribution in [0.1, 0.15) is 33.3 Å². The van der Waals surface area contributed by atoms with Crippen molar-refractivity contribution in [3.63, 3.8) is 0 Å². The molecule has 0 aromatic heterocycles. The summed E-state index contributed by atoms with van der Waals surface area (Å²) in [6, 6.07) is 7.79. The van der Waals surface area contributed by atoms with E-state index in [9.17, 15) is 4.79 Å². The van der Waals surface area contributed by atoms with Crippen molar-refractivity contribution in [1.82, 2.24) is 0 Å². The monoisotopic (exact) mass is 250 g/mol. The Kier molecular flexibility index (Phi) is 4.76. The Morgan fingerprint density at radius 1 is 1.22 bits per heavy atom. The van der Waals surface area contributed by atoms with Gasteiger partial charge in [0, 0.05) is 6.42 Å². The van der Waals surface area contributed by atoms with Gasteiger partial charge < -0.3 is 9.47 Å². The molecule has 0 radical (unpaired) electrons. The van der Waals surface area contributed by atoms with Crippen molar-refractivity contribution in [2.75, 3.05) is 7.11 Å². The molecule has 0 heterocycles. The number of rotatable bonds is 4. The lowest BCUT2D eigenvalue weighted by Gasteiger charge is -2.21. The SMILES string of the molecule is COc1ccc(CC(C)OC(=O)C(C)(C)C)cc1. The van der Waals surface area contributed by atoms with Crippen LogP contribution in [-0.2, 0) is 16.0 Å². The minimum atomic E-state index is -0.450. The zero-order valence-electron chi connectivity index (χ0n) is 11.8. The van der Waals surface area contributed by atoms with Gasteiger partial charge in [0.05, 0.1) is 12.5 Å². The quantitative estimate of drug-likeness (QED) is 0.770. The van der Waals surface area contributed by atoms with Crippen LogP contribution in [0.3, 0.4) is 0 Å². The van der Waals surface area contributed by atoms with Gasteiger partial charge in [-0.3, -0.25) is 4.79 Å². The number of ether oxygens (including phenoxy) is 2. The molecule has 0 aliphatic heterocycles. The highest BCUT2D eigenvalue weighted by Crippen LogP contribution is 2.18. The molecule has 0 saturated heterocycles. The van der Waals surface area contributed by atoms with E-state index in [1.807, 2.05) is 52.0 Å². The van der Waals surface area contributed by atoms with E-state index in [2.05, 4.69) is 0 Å². The highest BCUT2D eigenvalue weighted by Gasteiger charge is 2.24. The van der Waals surface area contributed by atoms with Crippen molar-refractivity contribution in [3.05, 3.63) is 29.8 Å². The summed E-state index contributed by atoms with van der Waals surface area (Å²) >= 11 is 0. The number of carbonyl (C=O) groups excluding carboxylic acids is 1. The molecule has 0 amide bonds. The average molecular weight is 250 g/mol. The van der Waals surface area contributed by atoms with E-state index in [0.717, 1.165) is 11.3 Å². The predicted molar refractivity (Wildman–Crippen MR) is 71.7 cm³/mol. The fourth-order valence-corrected chi connectivity index (χ4v) is 1.49. The predicted octanol–water partition coefficient (Wildman–Crippen LogP) is 3.22. The first-order chi connectivity index (χ1) is 8.32. The van der Waals surface area contributed by atoms with Crippen LogP contribution in [0.2, 0.25) is 0 Å². The Hall–Kier alpha value is -1.51. The number of benzene rings is 1. The minimum absolute atomic E-state index is 0.120. The molecule has 0 aliphatic rings. The van der Waals surface area contributed by atoms with Gasteiger partial charge in [-0.25, -0.2) is 0 Å². The molecule has 1 unspecified atom stereocenters. The van der Waals surface area contributed by atoms with Crippen molar-refractivity contribution in [2.45, 2.75) is 40.2 Å². The summed E-state index contributed by atoms with van der Waals surface area (Å²) in [6.45, 7) is 7.48. The molecule has 0 aliphatic carbocycles. The van der Waals surface area contributed by atoms with E-state index >= 15 is 0 Å². The van der Waals surface area contributed by atoms with E-state index in [1.54, 1.807) is 7.11 Å². The van der Waals surface area contributed by atoms with Crippen LogP contribution >= 0.6 is 0 Å². The Morgan fingerprint density at radius 2 is 1.78 bits per heavy atom. The molecule has 0 bridgehead atoms. The Morgan fingerprint density at radius 3 is 2.22 bits per heavy atom. The molecular weight excluding hydrogens is 228 g/mol. The number of carbonyl (C=O) groups is 1.